The van der Waals surface area contributed by atoms with Gasteiger partial charge in [0.05, 0.1) is 11.0 Å². The summed E-state index contributed by atoms with van der Waals surface area (Å²) in [6.07, 6.45) is 0. The van der Waals surface area contributed by atoms with Gasteiger partial charge in [-0.05, 0) is 154 Å². The fourth-order valence-corrected chi connectivity index (χ4v) is 13.3. The predicted octanol–water partition coefficient (Wildman–Crippen LogP) is 19.5. The van der Waals surface area contributed by atoms with Crippen molar-refractivity contribution in [3.63, 3.8) is 0 Å². The third-order valence-electron chi connectivity index (χ3n) is 16.8. The molecule has 0 atom stereocenters. The molecule has 0 saturated heterocycles. The molecule has 0 bridgehead atoms. The number of hydrogen-bond acceptors (Lipinski definition) is 2. The number of nitrogens with zero attached hydrogens (tertiary/aromatic N) is 4. The number of rotatable bonds is 11. The van der Waals surface area contributed by atoms with Gasteiger partial charge in [-0.3, -0.25) is 0 Å². The summed E-state index contributed by atoms with van der Waals surface area (Å²) in [6, 6.07) is 118. The van der Waals surface area contributed by atoms with Crippen LogP contribution in [0.15, 0.2) is 322 Å². The Morgan fingerprint density at radius 1 is 0.241 bits per heavy atom. The molecule has 0 saturated carbocycles. The Kier molecular flexibility index (Phi) is 11.6. The minimum atomic E-state index is -0.321. The smallest absolute Gasteiger partial charge is 0.332 e. The second-order valence-corrected chi connectivity index (χ2v) is 21.6. The summed E-state index contributed by atoms with van der Waals surface area (Å²) in [7, 11) is 0. The average molecular weight is 1060 g/mol. The largest absolute Gasteiger partial charge is 0.375 e. The van der Waals surface area contributed by atoms with E-state index in [4.69, 9.17) is 0 Å². The highest BCUT2D eigenvalue weighted by Crippen LogP contribution is 2.48. The molecule has 15 aromatic rings. The Balaban J connectivity index is 1.09. The molecule has 2 aromatic heterocycles. The van der Waals surface area contributed by atoms with Gasteiger partial charge in [-0.2, -0.15) is 0 Å². The van der Waals surface area contributed by atoms with E-state index in [2.05, 4.69) is 340 Å². The van der Waals surface area contributed by atoms with E-state index in [9.17, 15) is 0 Å². The van der Waals surface area contributed by atoms with Gasteiger partial charge in [0, 0.05) is 83.5 Å². The van der Waals surface area contributed by atoms with E-state index in [1.54, 1.807) is 0 Å². The van der Waals surface area contributed by atoms with Crippen molar-refractivity contribution in [2.24, 2.45) is 0 Å². The molecule has 0 radical (unpaired) electrons. The van der Waals surface area contributed by atoms with Crippen LogP contribution in [0.3, 0.4) is 0 Å². The van der Waals surface area contributed by atoms with Gasteiger partial charge in [0.25, 0.3) is 0 Å². The van der Waals surface area contributed by atoms with E-state index in [0.29, 0.717) is 0 Å². The highest BCUT2D eigenvalue weighted by Gasteiger charge is 2.39. The summed E-state index contributed by atoms with van der Waals surface area (Å²) in [4.78, 5) is 4.82. The SMILES string of the molecule is c1ccc(-c2cc(-c3ccccc3)c3c(c2)c2cc(-c4ccccc4)cc(-c4ccccc4)c2n3B2c3ccccc3-n3c4ccc(N(c5ccccc5)c5ccccc5)cc4c4cc(N(c5ccccc5)c5ccccc5)cc2c43)cc1. The zero-order valence-electron chi connectivity index (χ0n) is 45.5. The molecule has 0 fully saturated rings. The molecule has 4 nitrogen and oxygen atoms in total. The van der Waals surface area contributed by atoms with Crippen LogP contribution in [0.5, 0.6) is 0 Å². The highest BCUT2D eigenvalue weighted by molar-refractivity contribution is 6.88. The fraction of sp³-hybridized carbons (Fsp3) is 0. The van der Waals surface area contributed by atoms with Gasteiger partial charge >= 0.3 is 6.85 Å². The van der Waals surface area contributed by atoms with Crippen molar-refractivity contribution >= 4 is 95.5 Å². The van der Waals surface area contributed by atoms with Gasteiger partial charge in [0.1, 0.15) is 0 Å². The van der Waals surface area contributed by atoms with Crippen molar-refractivity contribution in [2.75, 3.05) is 9.80 Å². The van der Waals surface area contributed by atoms with Gasteiger partial charge in [-0.15, -0.1) is 0 Å². The Morgan fingerprint density at radius 2 is 0.614 bits per heavy atom. The third-order valence-corrected chi connectivity index (χ3v) is 16.8. The molecule has 83 heavy (non-hydrogen) atoms. The van der Waals surface area contributed by atoms with Crippen LogP contribution in [0.25, 0.3) is 93.8 Å². The maximum absolute atomic E-state index is 2.75. The first kappa shape index (κ1) is 48.1. The van der Waals surface area contributed by atoms with Crippen LogP contribution in [-0.4, -0.2) is 15.9 Å². The summed E-state index contributed by atoms with van der Waals surface area (Å²) < 4.78 is 5.32. The lowest BCUT2D eigenvalue weighted by Crippen LogP contribution is -2.53. The van der Waals surface area contributed by atoms with Crippen LogP contribution in [0, 0.1) is 0 Å². The van der Waals surface area contributed by atoms with E-state index in [1.165, 1.54) is 82.4 Å². The molecule has 16 rings (SSSR count). The molecule has 5 heteroatoms. The Morgan fingerprint density at radius 3 is 1.07 bits per heavy atom. The quantitative estimate of drug-likeness (QED) is 0.120. The number of benzene rings is 13. The number of fused-ring (bicyclic) bond motifs is 8. The Bertz CT molecular complexity index is 4660. The lowest BCUT2D eigenvalue weighted by Gasteiger charge is -2.31. The monoisotopic (exact) mass is 1060 g/mol. The van der Waals surface area contributed by atoms with Crippen LogP contribution in [0.2, 0.25) is 0 Å². The molecule has 0 amide bonds. The van der Waals surface area contributed by atoms with Crippen LogP contribution < -0.4 is 20.7 Å². The minimum Gasteiger partial charge on any atom is -0.375 e. The summed E-state index contributed by atoms with van der Waals surface area (Å²) in [5.41, 5.74) is 24.2. The normalized spacial score (nSPS) is 11.8. The van der Waals surface area contributed by atoms with Crippen LogP contribution >= 0.6 is 0 Å². The van der Waals surface area contributed by atoms with E-state index < -0.39 is 0 Å². The maximum Gasteiger partial charge on any atom is 0.332 e. The van der Waals surface area contributed by atoms with Gasteiger partial charge in [0.2, 0.25) is 0 Å². The summed E-state index contributed by atoms with van der Waals surface area (Å²) in [5, 5.41) is 4.75. The summed E-state index contributed by atoms with van der Waals surface area (Å²) in [6.45, 7) is -0.321. The number of hydrogen-bond donors (Lipinski definition) is 0. The second kappa shape index (κ2) is 20.0. The number of anilines is 6. The van der Waals surface area contributed by atoms with Crippen molar-refractivity contribution in [2.45, 2.75) is 0 Å². The van der Waals surface area contributed by atoms with Gasteiger partial charge in [-0.1, -0.05) is 212 Å². The van der Waals surface area contributed by atoms with Crippen molar-refractivity contribution in [1.82, 2.24) is 9.05 Å². The molecule has 0 spiro atoms. The Labute approximate surface area is 483 Å². The molecule has 1 aliphatic heterocycles. The first-order chi connectivity index (χ1) is 41.2. The zero-order valence-corrected chi connectivity index (χ0v) is 45.5. The lowest BCUT2D eigenvalue weighted by molar-refractivity contribution is 1.18. The van der Waals surface area contributed by atoms with E-state index in [-0.39, 0.29) is 6.85 Å². The Hall–Kier alpha value is -10.9. The molecule has 0 unspecified atom stereocenters. The lowest BCUT2D eigenvalue weighted by atomic mass is 9.48. The van der Waals surface area contributed by atoms with Gasteiger partial charge < -0.3 is 18.8 Å². The van der Waals surface area contributed by atoms with Crippen LogP contribution in [-0.2, 0) is 0 Å². The van der Waals surface area contributed by atoms with Crippen LogP contribution in [0.4, 0.5) is 34.1 Å². The van der Waals surface area contributed by atoms with Crippen LogP contribution in [0.1, 0.15) is 0 Å². The van der Waals surface area contributed by atoms with E-state index in [1.807, 2.05) is 0 Å². The third kappa shape index (κ3) is 8.08. The molecule has 0 N–H and O–H groups in total. The molecule has 3 heterocycles. The molecular formula is C78H53BN4. The summed E-state index contributed by atoms with van der Waals surface area (Å²) in [5.74, 6) is 0. The molecule has 13 aromatic carbocycles. The average Bonchev–Trinajstić information content (AvgIpc) is 1.86. The molecular weight excluding hydrogens is 1000 g/mol. The van der Waals surface area contributed by atoms with E-state index >= 15 is 0 Å². The number of para-hydroxylation sites is 5. The van der Waals surface area contributed by atoms with E-state index in [0.717, 1.165) is 56.5 Å². The zero-order chi connectivity index (χ0) is 54.8. The first-order valence-electron chi connectivity index (χ1n) is 28.6. The molecule has 0 aliphatic carbocycles. The predicted molar refractivity (Wildman–Crippen MR) is 352 cm³/mol. The molecule has 1 aliphatic rings. The molecule has 388 valence electrons. The fourth-order valence-electron chi connectivity index (χ4n) is 13.3. The van der Waals surface area contributed by atoms with Crippen molar-refractivity contribution in [3.8, 4) is 50.2 Å². The van der Waals surface area contributed by atoms with Crippen molar-refractivity contribution in [1.29, 1.82) is 0 Å². The first-order valence-corrected chi connectivity index (χ1v) is 28.6. The maximum atomic E-state index is 2.75. The van der Waals surface area contributed by atoms with Gasteiger partial charge in [-0.25, -0.2) is 0 Å². The standard InChI is InChI=1S/C78H53BN4/c1-9-27-54(28-10-1)58-47-66(56-31-13-3-14-32-56)76-69(49-58)70-50-59(55-29-11-2-12-30-55)48-67(57-33-15-4-16-34-57)77(70)83(76)79-72-43-25-26-44-75(72)82-74-46-45-64(80(60-35-17-5-18-36-60)61-37-19-6-20-38-61)51-68(74)71-52-65(53-73(79)78(71)82)81(62-39-21-7-22-40-62)63-41-23-8-24-42-63/h1-53H. The number of aromatic nitrogens is 2. The summed E-state index contributed by atoms with van der Waals surface area (Å²) >= 11 is 0. The minimum absolute atomic E-state index is 0.321. The topological polar surface area (TPSA) is 16.3 Å². The van der Waals surface area contributed by atoms with Crippen molar-refractivity contribution in [3.05, 3.63) is 322 Å². The van der Waals surface area contributed by atoms with Gasteiger partial charge in [0.15, 0.2) is 0 Å². The second-order valence-electron chi connectivity index (χ2n) is 21.6. The highest BCUT2D eigenvalue weighted by atomic mass is 15.2. The van der Waals surface area contributed by atoms with Crippen molar-refractivity contribution < 1.29 is 0 Å².